The summed E-state index contributed by atoms with van der Waals surface area (Å²) in [6.45, 7) is 2.48. The highest BCUT2D eigenvalue weighted by molar-refractivity contribution is 5.98. The Morgan fingerprint density at radius 1 is 1.09 bits per heavy atom. The first-order chi connectivity index (χ1) is 16.3. The molecule has 4 heterocycles. The van der Waals surface area contributed by atoms with E-state index in [0.29, 0.717) is 54.0 Å². The van der Waals surface area contributed by atoms with Crippen molar-refractivity contribution in [2.75, 3.05) is 6.54 Å². The van der Waals surface area contributed by atoms with E-state index < -0.39 is 11.9 Å². The average Bonchev–Trinajstić information content (AvgIpc) is 3.06. The van der Waals surface area contributed by atoms with Crippen LogP contribution in [0, 0.1) is 18.8 Å². The lowest BCUT2D eigenvalue weighted by atomic mass is 9.72. The van der Waals surface area contributed by atoms with E-state index >= 15 is 0 Å². The number of hydrogen-bond donors (Lipinski definition) is 0. The zero-order chi connectivity index (χ0) is 23.9. The van der Waals surface area contributed by atoms with E-state index in [4.69, 9.17) is 0 Å². The van der Waals surface area contributed by atoms with Crippen LogP contribution in [0.2, 0.25) is 0 Å². The van der Waals surface area contributed by atoms with Gasteiger partial charge in [0, 0.05) is 36.9 Å². The molecule has 34 heavy (non-hydrogen) atoms. The Bertz CT molecular complexity index is 1190. The molecule has 3 aromatic rings. The van der Waals surface area contributed by atoms with Gasteiger partial charge in [0.25, 0.3) is 5.91 Å². The van der Waals surface area contributed by atoms with Crippen LogP contribution in [0.5, 0.6) is 0 Å². The van der Waals surface area contributed by atoms with Crippen LogP contribution in [-0.4, -0.2) is 48.3 Å². The third-order valence-electron chi connectivity index (χ3n) is 6.80. The number of likely N-dealkylation sites (tertiary alicyclic amines) is 1. The van der Waals surface area contributed by atoms with Crippen LogP contribution in [0.3, 0.4) is 0 Å². The standard InChI is InChI=1S/C24H23F3N6O/c1-14-3-6-18(22-28-9-2-10-29-22)21(32-14)23(34)33-13-15-4-7-17(15)19(33)8-5-16-11-31-20(12-30-16)24(25,26)27/h2-3,6,9-12,15,17,19H,4-5,7-8,13H2,1H3. The molecule has 3 aromatic heterocycles. The Morgan fingerprint density at radius 3 is 2.53 bits per heavy atom. The minimum absolute atomic E-state index is 0.0257. The number of aryl methyl sites for hydroxylation is 2. The molecule has 0 spiro atoms. The van der Waals surface area contributed by atoms with E-state index in [1.165, 1.54) is 6.20 Å². The van der Waals surface area contributed by atoms with Gasteiger partial charge in [-0.2, -0.15) is 13.2 Å². The molecule has 5 rings (SSSR count). The summed E-state index contributed by atoms with van der Waals surface area (Å²) in [6.07, 6.45) is 3.83. The molecule has 10 heteroatoms. The van der Waals surface area contributed by atoms with Crippen molar-refractivity contribution in [1.82, 2.24) is 29.8 Å². The minimum atomic E-state index is -4.51. The first-order valence-corrected chi connectivity index (χ1v) is 11.3. The van der Waals surface area contributed by atoms with Gasteiger partial charge in [-0.05, 0) is 62.6 Å². The lowest BCUT2D eigenvalue weighted by Crippen LogP contribution is -2.39. The molecule has 7 nitrogen and oxygen atoms in total. The predicted molar refractivity (Wildman–Crippen MR) is 116 cm³/mol. The molecule has 1 saturated carbocycles. The van der Waals surface area contributed by atoms with Crippen LogP contribution in [0.1, 0.15) is 46.8 Å². The van der Waals surface area contributed by atoms with E-state index in [1.54, 1.807) is 18.5 Å². The van der Waals surface area contributed by atoms with Crippen molar-refractivity contribution in [3.05, 3.63) is 65.8 Å². The third kappa shape index (κ3) is 4.24. The van der Waals surface area contributed by atoms with Gasteiger partial charge in [-0.25, -0.2) is 19.9 Å². The molecular formula is C24H23F3N6O. The summed E-state index contributed by atoms with van der Waals surface area (Å²) in [5, 5.41) is 0. The summed E-state index contributed by atoms with van der Waals surface area (Å²) < 4.78 is 38.3. The van der Waals surface area contributed by atoms with Crippen LogP contribution in [0.25, 0.3) is 11.4 Å². The Balaban J connectivity index is 1.38. The molecule has 3 atom stereocenters. The molecule has 1 amide bonds. The maximum Gasteiger partial charge on any atom is 0.434 e. The van der Waals surface area contributed by atoms with Gasteiger partial charge in [0.2, 0.25) is 0 Å². The Labute approximate surface area is 194 Å². The summed E-state index contributed by atoms with van der Waals surface area (Å²) in [6, 6.07) is 5.34. The van der Waals surface area contributed by atoms with Gasteiger partial charge in [-0.1, -0.05) is 0 Å². The number of alkyl halides is 3. The van der Waals surface area contributed by atoms with Crippen molar-refractivity contribution < 1.29 is 18.0 Å². The third-order valence-corrected chi connectivity index (χ3v) is 6.80. The Hall–Kier alpha value is -3.43. The van der Waals surface area contributed by atoms with Crippen molar-refractivity contribution in [3.63, 3.8) is 0 Å². The number of rotatable bonds is 5. The SMILES string of the molecule is Cc1ccc(-c2ncccn2)c(C(=O)N2CC3CCC3C2CCc2cnc(C(F)(F)F)cn2)n1. The smallest absolute Gasteiger partial charge is 0.334 e. The summed E-state index contributed by atoms with van der Waals surface area (Å²) in [5.41, 5.74) is 1.11. The van der Waals surface area contributed by atoms with E-state index in [1.807, 2.05) is 24.0 Å². The van der Waals surface area contributed by atoms with E-state index in [2.05, 4.69) is 24.9 Å². The number of hydrogen-bond acceptors (Lipinski definition) is 6. The highest BCUT2D eigenvalue weighted by Gasteiger charge is 2.48. The van der Waals surface area contributed by atoms with Crippen LogP contribution < -0.4 is 0 Å². The van der Waals surface area contributed by atoms with Gasteiger partial charge < -0.3 is 4.90 Å². The summed E-state index contributed by atoms with van der Waals surface area (Å²) >= 11 is 0. The zero-order valence-corrected chi connectivity index (χ0v) is 18.5. The highest BCUT2D eigenvalue weighted by Crippen LogP contribution is 2.46. The van der Waals surface area contributed by atoms with E-state index in [0.717, 1.165) is 24.7 Å². The molecule has 2 aliphatic rings. The number of aromatic nitrogens is 5. The first kappa shape index (κ1) is 22.4. The highest BCUT2D eigenvalue weighted by atomic mass is 19.4. The lowest BCUT2D eigenvalue weighted by Gasteiger charge is -2.33. The lowest BCUT2D eigenvalue weighted by molar-refractivity contribution is -0.141. The number of fused-ring (bicyclic) bond motifs is 1. The number of halogens is 3. The molecule has 0 N–H and O–H groups in total. The van der Waals surface area contributed by atoms with Gasteiger partial charge in [0.05, 0.1) is 17.5 Å². The number of carbonyl (C=O) groups excluding carboxylic acids is 1. The van der Waals surface area contributed by atoms with Crippen LogP contribution >= 0.6 is 0 Å². The zero-order valence-electron chi connectivity index (χ0n) is 18.5. The average molecular weight is 468 g/mol. The summed E-state index contributed by atoms with van der Waals surface area (Å²) in [4.78, 5) is 36.2. The number of carbonyl (C=O) groups is 1. The van der Waals surface area contributed by atoms with Gasteiger partial charge in [0.1, 0.15) is 5.69 Å². The largest absolute Gasteiger partial charge is 0.434 e. The molecule has 0 bridgehead atoms. The fourth-order valence-corrected chi connectivity index (χ4v) is 4.95. The maximum atomic E-state index is 13.7. The monoisotopic (exact) mass is 468 g/mol. The number of pyridine rings is 1. The van der Waals surface area contributed by atoms with Crippen LogP contribution in [-0.2, 0) is 12.6 Å². The molecule has 0 aromatic carbocycles. The molecule has 1 saturated heterocycles. The molecule has 0 radical (unpaired) electrons. The van der Waals surface area contributed by atoms with Crippen LogP contribution in [0.15, 0.2) is 43.0 Å². The molecule has 1 aliphatic heterocycles. The molecular weight excluding hydrogens is 445 g/mol. The second-order valence-electron chi connectivity index (χ2n) is 8.88. The normalized spacial score (nSPS) is 21.8. The molecule has 3 unspecified atom stereocenters. The van der Waals surface area contributed by atoms with Crippen LogP contribution in [0.4, 0.5) is 13.2 Å². The topological polar surface area (TPSA) is 84.8 Å². The summed E-state index contributed by atoms with van der Waals surface area (Å²) in [7, 11) is 0. The van der Waals surface area contributed by atoms with Gasteiger partial charge in [-0.15, -0.1) is 0 Å². The van der Waals surface area contributed by atoms with Gasteiger partial charge in [0.15, 0.2) is 11.5 Å². The van der Waals surface area contributed by atoms with Gasteiger partial charge >= 0.3 is 6.18 Å². The van der Waals surface area contributed by atoms with Crippen molar-refractivity contribution in [2.24, 2.45) is 11.8 Å². The maximum absolute atomic E-state index is 13.7. The molecule has 176 valence electrons. The Morgan fingerprint density at radius 2 is 1.88 bits per heavy atom. The van der Waals surface area contributed by atoms with Gasteiger partial charge in [-0.3, -0.25) is 9.78 Å². The number of amides is 1. The van der Waals surface area contributed by atoms with Crippen molar-refractivity contribution in [2.45, 2.75) is 44.8 Å². The van der Waals surface area contributed by atoms with Crippen molar-refractivity contribution in [3.8, 4) is 11.4 Å². The second-order valence-corrected chi connectivity index (χ2v) is 8.88. The molecule has 1 aliphatic carbocycles. The van der Waals surface area contributed by atoms with Crippen molar-refractivity contribution >= 4 is 5.91 Å². The number of nitrogens with zero attached hydrogens (tertiary/aromatic N) is 6. The van der Waals surface area contributed by atoms with E-state index in [9.17, 15) is 18.0 Å². The first-order valence-electron chi connectivity index (χ1n) is 11.3. The fourth-order valence-electron chi connectivity index (χ4n) is 4.95. The molecule has 2 fully saturated rings. The predicted octanol–water partition coefficient (Wildman–Crippen LogP) is 4.14. The Kier molecular flexibility index (Phi) is 5.75. The fraction of sp³-hybridized carbons (Fsp3) is 0.417. The van der Waals surface area contributed by atoms with Crippen molar-refractivity contribution in [1.29, 1.82) is 0 Å². The summed E-state index contributed by atoms with van der Waals surface area (Å²) in [5.74, 6) is 1.10. The second kappa shape index (κ2) is 8.73. The minimum Gasteiger partial charge on any atom is -0.334 e. The van der Waals surface area contributed by atoms with E-state index in [-0.39, 0.29) is 11.9 Å². The quantitative estimate of drug-likeness (QED) is 0.560.